The molecule has 0 fully saturated rings. The Labute approximate surface area is 118 Å². The number of fused-ring (bicyclic) bond motifs is 1. The van der Waals surface area contributed by atoms with Gasteiger partial charge in [-0.1, -0.05) is 25.1 Å². The van der Waals surface area contributed by atoms with E-state index in [-0.39, 0.29) is 18.4 Å². The van der Waals surface area contributed by atoms with Crippen molar-refractivity contribution >= 4 is 17.5 Å². The molecule has 2 rings (SSSR count). The number of benzene rings is 1. The molecule has 108 valence electrons. The first-order valence-electron chi connectivity index (χ1n) is 6.89. The van der Waals surface area contributed by atoms with Gasteiger partial charge < -0.3 is 15.0 Å². The number of hydrogen-bond donors (Lipinski definition) is 1. The molecule has 0 spiro atoms. The second-order valence-corrected chi connectivity index (χ2v) is 4.90. The van der Waals surface area contributed by atoms with Gasteiger partial charge in [0, 0.05) is 18.8 Å². The Morgan fingerprint density at radius 3 is 2.95 bits per heavy atom. The van der Waals surface area contributed by atoms with E-state index >= 15 is 0 Å². The lowest BCUT2D eigenvalue weighted by molar-refractivity contribution is -0.142. The van der Waals surface area contributed by atoms with Crippen LogP contribution >= 0.6 is 0 Å². The third-order valence-electron chi connectivity index (χ3n) is 3.36. The molecule has 20 heavy (non-hydrogen) atoms. The molecule has 0 radical (unpaired) electrons. The van der Waals surface area contributed by atoms with Gasteiger partial charge in [-0.05, 0) is 25.0 Å². The summed E-state index contributed by atoms with van der Waals surface area (Å²) in [5.41, 5.74) is 1.71. The molecular weight excluding hydrogens is 256 g/mol. The van der Waals surface area contributed by atoms with E-state index in [9.17, 15) is 9.59 Å². The van der Waals surface area contributed by atoms with E-state index < -0.39 is 6.04 Å². The molecule has 5 heteroatoms. The minimum Gasteiger partial charge on any atom is -0.372 e. The van der Waals surface area contributed by atoms with Gasteiger partial charge in [-0.3, -0.25) is 9.59 Å². The van der Waals surface area contributed by atoms with Crippen LogP contribution in [0, 0.1) is 0 Å². The predicted octanol–water partition coefficient (Wildman–Crippen LogP) is 1.78. The second-order valence-electron chi connectivity index (χ2n) is 4.90. The predicted molar refractivity (Wildman–Crippen MR) is 76.2 cm³/mol. The van der Waals surface area contributed by atoms with Crippen LogP contribution in [0.25, 0.3) is 0 Å². The maximum Gasteiger partial charge on any atom is 0.249 e. The summed E-state index contributed by atoms with van der Waals surface area (Å²) in [6.45, 7) is 4.72. The third kappa shape index (κ3) is 3.17. The molecule has 1 heterocycles. The van der Waals surface area contributed by atoms with Crippen LogP contribution in [0.5, 0.6) is 0 Å². The number of hydrogen-bond acceptors (Lipinski definition) is 3. The average Bonchev–Trinajstić information content (AvgIpc) is 2.57. The summed E-state index contributed by atoms with van der Waals surface area (Å²) in [4.78, 5) is 25.9. The number of nitrogens with zero attached hydrogens (tertiary/aromatic N) is 1. The molecule has 2 amide bonds. The molecule has 0 bridgehead atoms. The molecule has 0 aromatic heterocycles. The number of ether oxygens (including phenoxy) is 1. The van der Waals surface area contributed by atoms with Gasteiger partial charge in [0.05, 0.1) is 0 Å². The van der Waals surface area contributed by atoms with E-state index in [1.54, 1.807) is 11.8 Å². The Hall–Kier alpha value is -1.88. The number of amides is 2. The first-order valence-corrected chi connectivity index (χ1v) is 6.89. The van der Waals surface area contributed by atoms with Crippen molar-refractivity contribution in [3.63, 3.8) is 0 Å². The van der Waals surface area contributed by atoms with Crippen LogP contribution in [0.3, 0.4) is 0 Å². The SMILES string of the molecule is CCCOCC(=O)N1Cc2ccccc2NC(=O)C1C. The monoisotopic (exact) mass is 276 g/mol. The molecule has 5 nitrogen and oxygen atoms in total. The van der Waals surface area contributed by atoms with Crippen molar-refractivity contribution in [2.75, 3.05) is 18.5 Å². The van der Waals surface area contributed by atoms with Gasteiger partial charge >= 0.3 is 0 Å². The summed E-state index contributed by atoms with van der Waals surface area (Å²) in [6.07, 6.45) is 0.867. The quantitative estimate of drug-likeness (QED) is 0.853. The molecule has 1 atom stereocenters. The van der Waals surface area contributed by atoms with E-state index in [1.165, 1.54) is 0 Å². The Bertz CT molecular complexity index is 502. The lowest BCUT2D eigenvalue weighted by Gasteiger charge is -2.25. The number of carbonyl (C=O) groups is 2. The summed E-state index contributed by atoms with van der Waals surface area (Å²) in [5.74, 6) is -0.323. The van der Waals surface area contributed by atoms with E-state index in [4.69, 9.17) is 4.74 Å². The summed E-state index contributed by atoms with van der Waals surface area (Å²) >= 11 is 0. The van der Waals surface area contributed by atoms with Crippen molar-refractivity contribution in [3.05, 3.63) is 29.8 Å². The van der Waals surface area contributed by atoms with Gasteiger partial charge in [0.2, 0.25) is 11.8 Å². The largest absolute Gasteiger partial charge is 0.372 e. The van der Waals surface area contributed by atoms with Gasteiger partial charge in [0.25, 0.3) is 0 Å². The molecule has 1 aliphatic heterocycles. The van der Waals surface area contributed by atoms with Gasteiger partial charge in [0.1, 0.15) is 12.6 Å². The van der Waals surface area contributed by atoms with Crippen LogP contribution in [0.1, 0.15) is 25.8 Å². The van der Waals surface area contributed by atoms with Crippen molar-refractivity contribution < 1.29 is 14.3 Å². The second kappa shape index (κ2) is 6.52. The zero-order valence-electron chi connectivity index (χ0n) is 11.9. The summed E-state index contributed by atoms with van der Waals surface area (Å²) in [7, 11) is 0. The standard InChI is InChI=1S/C15H20N2O3/c1-3-8-20-10-14(18)17-9-12-6-4-5-7-13(12)16-15(19)11(17)2/h4-7,11H,3,8-10H2,1-2H3,(H,16,19). The topological polar surface area (TPSA) is 58.6 Å². The average molecular weight is 276 g/mol. The molecule has 0 saturated heterocycles. The zero-order chi connectivity index (χ0) is 14.5. The fraction of sp³-hybridized carbons (Fsp3) is 0.467. The van der Waals surface area contributed by atoms with E-state index in [0.717, 1.165) is 17.7 Å². The fourth-order valence-electron chi connectivity index (χ4n) is 2.17. The first-order chi connectivity index (χ1) is 9.63. The highest BCUT2D eigenvalue weighted by atomic mass is 16.5. The zero-order valence-corrected chi connectivity index (χ0v) is 11.9. The van der Waals surface area contributed by atoms with Crippen LogP contribution in [0.15, 0.2) is 24.3 Å². The molecule has 1 aromatic rings. The van der Waals surface area contributed by atoms with E-state index in [2.05, 4.69) is 5.32 Å². The first kappa shape index (κ1) is 14.5. The Morgan fingerprint density at radius 1 is 1.45 bits per heavy atom. The molecular formula is C15H20N2O3. The van der Waals surface area contributed by atoms with Gasteiger partial charge in [-0.15, -0.1) is 0 Å². The van der Waals surface area contributed by atoms with E-state index in [1.807, 2.05) is 31.2 Å². The van der Waals surface area contributed by atoms with Crippen LogP contribution < -0.4 is 5.32 Å². The molecule has 0 aliphatic carbocycles. The third-order valence-corrected chi connectivity index (χ3v) is 3.36. The number of rotatable bonds is 4. The van der Waals surface area contributed by atoms with Gasteiger partial charge in [-0.2, -0.15) is 0 Å². The van der Waals surface area contributed by atoms with Crippen LogP contribution in [-0.4, -0.2) is 36.0 Å². The molecule has 0 saturated carbocycles. The lowest BCUT2D eigenvalue weighted by atomic mass is 10.1. The Kier molecular flexibility index (Phi) is 4.74. The Morgan fingerprint density at radius 2 is 2.20 bits per heavy atom. The highest BCUT2D eigenvalue weighted by Gasteiger charge is 2.29. The fourth-order valence-corrected chi connectivity index (χ4v) is 2.17. The number of anilines is 1. The summed E-state index contributed by atoms with van der Waals surface area (Å²) < 4.78 is 5.29. The summed E-state index contributed by atoms with van der Waals surface area (Å²) in [6, 6.07) is 7.03. The van der Waals surface area contributed by atoms with Gasteiger partial charge in [-0.25, -0.2) is 0 Å². The molecule has 1 unspecified atom stereocenters. The van der Waals surface area contributed by atoms with Crippen molar-refractivity contribution in [2.45, 2.75) is 32.9 Å². The van der Waals surface area contributed by atoms with Crippen molar-refractivity contribution in [1.82, 2.24) is 4.90 Å². The minimum atomic E-state index is -0.500. The molecule has 1 aromatic carbocycles. The highest BCUT2D eigenvalue weighted by molar-refractivity contribution is 5.98. The number of nitrogens with one attached hydrogen (secondary N) is 1. The van der Waals surface area contributed by atoms with Crippen LogP contribution in [-0.2, 0) is 20.9 Å². The van der Waals surface area contributed by atoms with Crippen molar-refractivity contribution in [3.8, 4) is 0 Å². The van der Waals surface area contributed by atoms with Crippen LogP contribution in [0.2, 0.25) is 0 Å². The minimum absolute atomic E-state index is 0.0215. The lowest BCUT2D eigenvalue weighted by Crippen LogP contribution is -2.44. The van der Waals surface area contributed by atoms with Gasteiger partial charge in [0.15, 0.2) is 0 Å². The Balaban J connectivity index is 2.15. The molecule has 1 N–H and O–H groups in total. The maximum atomic E-state index is 12.2. The van der Waals surface area contributed by atoms with Crippen molar-refractivity contribution in [1.29, 1.82) is 0 Å². The van der Waals surface area contributed by atoms with E-state index in [0.29, 0.717) is 13.2 Å². The van der Waals surface area contributed by atoms with Crippen LogP contribution in [0.4, 0.5) is 5.69 Å². The normalized spacial score (nSPS) is 18.2. The van der Waals surface area contributed by atoms with Crippen molar-refractivity contribution in [2.24, 2.45) is 0 Å². The smallest absolute Gasteiger partial charge is 0.249 e. The number of carbonyl (C=O) groups excluding carboxylic acids is 2. The summed E-state index contributed by atoms with van der Waals surface area (Å²) in [5, 5.41) is 2.85. The maximum absolute atomic E-state index is 12.2. The highest BCUT2D eigenvalue weighted by Crippen LogP contribution is 2.22. The number of para-hydroxylation sites is 1. The molecule has 1 aliphatic rings.